The summed E-state index contributed by atoms with van der Waals surface area (Å²) in [4.78, 5) is 36.9. The van der Waals surface area contributed by atoms with Gasteiger partial charge in [0.05, 0.1) is 10.8 Å². The van der Waals surface area contributed by atoms with E-state index < -0.39 is 17.0 Å². The Labute approximate surface area is 188 Å². The number of thioether (sulfide) groups is 1. The Morgan fingerprint density at radius 3 is 2.31 bits per heavy atom. The number of carbonyl (C=O) groups excluding carboxylic acids is 2. The number of nitrogens with one attached hydrogen (secondary N) is 2. The van der Waals surface area contributed by atoms with Gasteiger partial charge in [0, 0.05) is 21.8 Å². The number of carboxylic acids is 1. The van der Waals surface area contributed by atoms with Crippen LogP contribution in [0.3, 0.4) is 0 Å². The van der Waals surface area contributed by atoms with E-state index in [9.17, 15) is 18.8 Å². The summed E-state index contributed by atoms with van der Waals surface area (Å²) < 4.78 is 13.0. The summed E-state index contributed by atoms with van der Waals surface area (Å²) >= 11 is 1.30. The van der Waals surface area contributed by atoms with Crippen molar-refractivity contribution in [1.29, 1.82) is 0 Å². The van der Waals surface area contributed by atoms with E-state index in [2.05, 4.69) is 10.6 Å². The van der Waals surface area contributed by atoms with Crippen molar-refractivity contribution in [3.8, 4) is 0 Å². The summed E-state index contributed by atoms with van der Waals surface area (Å²) in [6.07, 6.45) is 0. The Bertz CT molecular complexity index is 1160. The molecule has 0 radical (unpaired) electrons. The van der Waals surface area contributed by atoms with Gasteiger partial charge >= 0.3 is 5.97 Å². The van der Waals surface area contributed by atoms with E-state index >= 15 is 0 Å². The van der Waals surface area contributed by atoms with Crippen LogP contribution in [0.2, 0.25) is 0 Å². The van der Waals surface area contributed by atoms with Gasteiger partial charge in [-0.15, -0.1) is 11.8 Å². The summed E-state index contributed by atoms with van der Waals surface area (Å²) in [5, 5.41) is 14.2. The summed E-state index contributed by atoms with van der Waals surface area (Å²) in [7, 11) is 0. The minimum atomic E-state index is -1.07. The third kappa shape index (κ3) is 5.95. The van der Waals surface area contributed by atoms with Crippen LogP contribution in [0.25, 0.3) is 0 Å². The van der Waals surface area contributed by atoms with Gasteiger partial charge in [-0.05, 0) is 74.0 Å². The molecule has 0 fully saturated rings. The van der Waals surface area contributed by atoms with Gasteiger partial charge in [0.1, 0.15) is 5.82 Å². The van der Waals surface area contributed by atoms with E-state index in [1.807, 2.05) is 6.07 Å². The fraction of sp³-hybridized carbons (Fsp3) is 0.125. The fourth-order valence-electron chi connectivity index (χ4n) is 2.83. The smallest absolute Gasteiger partial charge is 0.335 e. The minimum Gasteiger partial charge on any atom is -0.478 e. The van der Waals surface area contributed by atoms with Crippen molar-refractivity contribution in [2.24, 2.45) is 0 Å². The summed E-state index contributed by atoms with van der Waals surface area (Å²) in [5.74, 6) is -2.13. The minimum absolute atomic E-state index is 0.0933. The number of hydrogen-bond acceptors (Lipinski definition) is 4. The van der Waals surface area contributed by atoms with Crippen molar-refractivity contribution in [3.05, 3.63) is 89.2 Å². The second-order valence-corrected chi connectivity index (χ2v) is 8.49. The van der Waals surface area contributed by atoms with Crippen molar-refractivity contribution < 1.29 is 23.9 Å². The van der Waals surface area contributed by atoms with E-state index in [-0.39, 0.29) is 17.4 Å². The Hall–Kier alpha value is -3.65. The Balaban J connectivity index is 1.65. The molecule has 0 bridgehead atoms. The fourth-order valence-corrected chi connectivity index (χ4v) is 3.76. The number of carboxylic acid groups (broad SMARTS) is 1. The molecule has 3 N–H and O–H groups in total. The monoisotopic (exact) mass is 452 g/mol. The maximum Gasteiger partial charge on any atom is 0.335 e. The molecule has 32 heavy (non-hydrogen) atoms. The lowest BCUT2D eigenvalue weighted by atomic mass is 10.1. The lowest BCUT2D eigenvalue weighted by molar-refractivity contribution is -0.115. The Morgan fingerprint density at radius 1 is 0.938 bits per heavy atom. The van der Waals surface area contributed by atoms with E-state index in [0.29, 0.717) is 16.9 Å². The van der Waals surface area contributed by atoms with Crippen LogP contribution in [0.5, 0.6) is 0 Å². The highest BCUT2D eigenvalue weighted by Gasteiger charge is 2.17. The van der Waals surface area contributed by atoms with Crippen LogP contribution in [-0.2, 0) is 4.79 Å². The van der Waals surface area contributed by atoms with E-state index in [1.165, 1.54) is 48.2 Å². The molecule has 0 heterocycles. The number of hydrogen-bond donors (Lipinski definition) is 3. The topological polar surface area (TPSA) is 95.5 Å². The lowest BCUT2D eigenvalue weighted by Crippen LogP contribution is -2.23. The Morgan fingerprint density at radius 2 is 1.62 bits per heavy atom. The number of aryl methyl sites for hydroxylation is 1. The van der Waals surface area contributed by atoms with Gasteiger partial charge in [0.25, 0.3) is 5.91 Å². The van der Waals surface area contributed by atoms with Crippen LogP contribution in [-0.4, -0.2) is 28.1 Å². The molecule has 1 unspecified atom stereocenters. The van der Waals surface area contributed by atoms with Gasteiger partial charge in [0.15, 0.2) is 0 Å². The first-order chi connectivity index (χ1) is 15.2. The molecule has 1 atom stereocenters. The second kappa shape index (κ2) is 10.1. The number of aromatic carboxylic acids is 1. The molecule has 0 saturated carbocycles. The molecule has 0 spiro atoms. The van der Waals surface area contributed by atoms with Crippen LogP contribution in [0, 0.1) is 12.7 Å². The molecule has 164 valence electrons. The molecule has 0 aliphatic carbocycles. The number of halogens is 1. The van der Waals surface area contributed by atoms with Crippen LogP contribution in [0.1, 0.15) is 33.2 Å². The predicted octanol–water partition coefficient (Wildman–Crippen LogP) is 5.20. The quantitative estimate of drug-likeness (QED) is 0.428. The van der Waals surface area contributed by atoms with Crippen LogP contribution < -0.4 is 10.6 Å². The maximum atomic E-state index is 13.0. The van der Waals surface area contributed by atoms with Crippen molar-refractivity contribution >= 4 is 40.9 Å². The third-order valence-corrected chi connectivity index (χ3v) is 5.72. The van der Waals surface area contributed by atoms with Crippen LogP contribution >= 0.6 is 11.8 Å². The molecule has 3 rings (SSSR count). The molecule has 0 aliphatic rings. The SMILES string of the molecule is Cc1ccc(C(=O)O)cc1NC(=O)C(C)Sc1cccc(NC(=O)c2ccc(F)cc2)c1. The number of benzene rings is 3. The highest BCUT2D eigenvalue weighted by molar-refractivity contribution is 8.00. The maximum absolute atomic E-state index is 13.0. The summed E-state index contributed by atoms with van der Waals surface area (Å²) in [6.45, 7) is 3.52. The first kappa shape index (κ1) is 23.0. The normalized spacial score (nSPS) is 11.5. The molecule has 3 aromatic carbocycles. The van der Waals surface area contributed by atoms with Crippen LogP contribution in [0.4, 0.5) is 15.8 Å². The average Bonchev–Trinajstić information content (AvgIpc) is 2.75. The number of carbonyl (C=O) groups is 3. The summed E-state index contributed by atoms with van der Waals surface area (Å²) in [6, 6.07) is 16.8. The third-order valence-electron chi connectivity index (χ3n) is 4.62. The predicted molar refractivity (Wildman–Crippen MR) is 123 cm³/mol. The number of anilines is 2. The zero-order chi connectivity index (χ0) is 23.3. The molecular formula is C24H21FN2O4S. The van der Waals surface area contributed by atoms with Gasteiger partial charge < -0.3 is 15.7 Å². The molecule has 0 aliphatic heterocycles. The van der Waals surface area contributed by atoms with Gasteiger partial charge in [0.2, 0.25) is 5.91 Å². The summed E-state index contributed by atoms with van der Waals surface area (Å²) in [5.41, 5.74) is 2.17. The van der Waals surface area contributed by atoms with Gasteiger partial charge in [-0.2, -0.15) is 0 Å². The van der Waals surface area contributed by atoms with Crippen molar-refractivity contribution in [2.45, 2.75) is 24.0 Å². The zero-order valence-electron chi connectivity index (χ0n) is 17.4. The molecule has 6 nitrogen and oxygen atoms in total. The Kier molecular flexibility index (Phi) is 7.27. The average molecular weight is 453 g/mol. The van der Waals surface area contributed by atoms with E-state index in [1.54, 1.807) is 38.1 Å². The van der Waals surface area contributed by atoms with Crippen molar-refractivity contribution in [2.75, 3.05) is 10.6 Å². The first-order valence-corrected chi connectivity index (χ1v) is 10.6. The second-order valence-electron chi connectivity index (χ2n) is 7.07. The van der Waals surface area contributed by atoms with Gasteiger partial charge in [-0.3, -0.25) is 9.59 Å². The van der Waals surface area contributed by atoms with E-state index in [4.69, 9.17) is 5.11 Å². The van der Waals surface area contributed by atoms with Gasteiger partial charge in [-0.1, -0.05) is 12.1 Å². The number of rotatable bonds is 7. The molecule has 3 aromatic rings. The lowest BCUT2D eigenvalue weighted by Gasteiger charge is -2.15. The van der Waals surface area contributed by atoms with Crippen molar-refractivity contribution in [1.82, 2.24) is 0 Å². The zero-order valence-corrected chi connectivity index (χ0v) is 18.2. The molecule has 0 saturated heterocycles. The van der Waals surface area contributed by atoms with Gasteiger partial charge in [-0.25, -0.2) is 9.18 Å². The van der Waals surface area contributed by atoms with Crippen molar-refractivity contribution in [3.63, 3.8) is 0 Å². The molecule has 0 aromatic heterocycles. The molecule has 2 amide bonds. The molecular weight excluding hydrogens is 431 g/mol. The van der Waals surface area contributed by atoms with Crippen LogP contribution in [0.15, 0.2) is 71.6 Å². The standard InChI is InChI=1S/C24H21FN2O4S/c1-14-6-7-17(24(30)31)12-21(14)27-22(28)15(2)32-20-5-3-4-19(13-20)26-23(29)16-8-10-18(25)11-9-16/h3-13,15H,1-2H3,(H,26,29)(H,27,28)(H,30,31). The highest BCUT2D eigenvalue weighted by atomic mass is 32.2. The largest absolute Gasteiger partial charge is 0.478 e. The van der Waals surface area contributed by atoms with E-state index in [0.717, 1.165) is 10.5 Å². The molecule has 8 heteroatoms. The highest BCUT2D eigenvalue weighted by Crippen LogP contribution is 2.27. The number of amides is 2. The first-order valence-electron chi connectivity index (χ1n) is 9.71.